The summed E-state index contributed by atoms with van der Waals surface area (Å²) in [4.78, 5) is 41.5. The molecule has 2 fully saturated rings. The van der Waals surface area contributed by atoms with Gasteiger partial charge in [0.2, 0.25) is 0 Å². The zero-order valence-corrected chi connectivity index (χ0v) is 29.4. The van der Waals surface area contributed by atoms with Gasteiger partial charge in [-0.2, -0.15) is 0 Å². The minimum atomic E-state index is -2.00. The van der Waals surface area contributed by atoms with Crippen LogP contribution in [0.4, 0.5) is 4.39 Å². The molecule has 272 valence electrons. The summed E-state index contributed by atoms with van der Waals surface area (Å²) >= 11 is 0. The minimum Gasteiger partial charge on any atom is -0.459 e. The molecule has 12 nitrogen and oxygen atoms in total. The number of carbonyl (C=O) groups excluding carboxylic acids is 3. The van der Waals surface area contributed by atoms with Crippen molar-refractivity contribution in [2.24, 2.45) is 23.7 Å². The molecule has 13 heteroatoms. The first-order valence-electron chi connectivity index (χ1n) is 16.7. The molecule has 0 bridgehead atoms. The summed E-state index contributed by atoms with van der Waals surface area (Å²) in [5.41, 5.74) is -3.67. The van der Waals surface area contributed by atoms with E-state index in [2.05, 4.69) is 0 Å². The van der Waals surface area contributed by atoms with Gasteiger partial charge in [-0.1, -0.05) is 27.7 Å². The van der Waals surface area contributed by atoms with Crippen LogP contribution < -0.4 is 0 Å². The fourth-order valence-electron chi connectivity index (χ4n) is 7.23. The Hall–Kier alpha value is -2.52. The number of likely N-dealkylation sites (N-methyl/N-ethyl adjacent to an activating group) is 1. The zero-order chi connectivity index (χ0) is 36.5. The molecule has 0 spiro atoms. The first-order chi connectivity index (χ1) is 22.1. The number of nitrogens with zero attached hydrogens (tertiary/aromatic N) is 1. The van der Waals surface area contributed by atoms with Gasteiger partial charge >= 0.3 is 5.97 Å². The Labute approximate surface area is 282 Å². The van der Waals surface area contributed by atoms with Crippen molar-refractivity contribution in [2.75, 3.05) is 7.05 Å². The van der Waals surface area contributed by atoms with Crippen LogP contribution in [0.15, 0.2) is 24.3 Å². The van der Waals surface area contributed by atoms with Gasteiger partial charge in [0.05, 0.1) is 42.0 Å². The summed E-state index contributed by atoms with van der Waals surface area (Å²) in [6, 6.07) is 4.17. The lowest BCUT2D eigenvalue weighted by Gasteiger charge is -2.47. The van der Waals surface area contributed by atoms with Crippen LogP contribution in [0.1, 0.15) is 85.0 Å². The minimum absolute atomic E-state index is 0.111. The third-order valence-electron chi connectivity index (χ3n) is 10.3. The van der Waals surface area contributed by atoms with Gasteiger partial charge in [0, 0.05) is 30.4 Å². The Morgan fingerprint density at radius 3 is 2.15 bits per heavy atom. The molecule has 1 aromatic carbocycles. The summed E-state index contributed by atoms with van der Waals surface area (Å²) in [6.45, 7) is 12.1. The smallest absolute Gasteiger partial charge is 0.311 e. The molecule has 0 radical (unpaired) electrons. The lowest BCUT2D eigenvalue weighted by molar-refractivity contribution is -0.298. The Bertz CT molecular complexity index is 1270. The second kappa shape index (κ2) is 15.6. The van der Waals surface area contributed by atoms with Gasteiger partial charge in [-0.3, -0.25) is 14.4 Å². The highest BCUT2D eigenvalue weighted by atomic mass is 19.1. The number of ether oxygens (including phenoxy) is 3. The number of rotatable bonds is 5. The van der Waals surface area contributed by atoms with E-state index in [-0.39, 0.29) is 24.8 Å². The molecule has 0 unspecified atom stereocenters. The van der Waals surface area contributed by atoms with Crippen LogP contribution in [-0.4, -0.2) is 115 Å². The summed E-state index contributed by atoms with van der Waals surface area (Å²) in [7, 11) is 1.50. The summed E-state index contributed by atoms with van der Waals surface area (Å²) < 4.78 is 31.4. The van der Waals surface area contributed by atoms with E-state index < -0.39 is 107 Å². The van der Waals surface area contributed by atoms with E-state index in [1.54, 1.807) is 27.7 Å². The highest BCUT2D eigenvalue weighted by Gasteiger charge is 2.51. The number of Topliss-reactive ketones (excluding diaryl/α,β-unsaturated/α-hetero) is 1. The van der Waals surface area contributed by atoms with Gasteiger partial charge in [0.15, 0.2) is 6.29 Å². The normalized spacial score (nSPS) is 42.1. The fourth-order valence-corrected chi connectivity index (χ4v) is 7.23. The summed E-state index contributed by atoms with van der Waals surface area (Å²) in [5, 5.41) is 57.3. The molecule has 1 aromatic rings. The number of hydrogen-bond donors (Lipinski definition) is 5. The third kappa shape index (κ3) is 8.43. The molecule has 48 heavy (non-hydrogen) atoms. The van der Waals surface area contributed by atoms with E-state index >= 15 is 0 Å². The number of aliphatic hydroxyl groups is 5. The molecule has 2 aliphatic heterocycles. The largest absolute Gasteiger partial charge is 0.459 e. The lowest BCUT2D eigenvalue weighted by atomic mass is 9.74. The zero-order valence-electron chi connectivity index (χ0n) is 29.4. The van der Waals surface area contributed by atoms with Crippen LogP contribution in [-0.2, 0) is 23.8 Å². The van der Waals surface area contributed by atoms with Crippen LogP contribution in [0.5, 0.6) is 0 Å². The predicted octanol–water partition coefficient (Wildman–Crippen LogP) is 2.21. The van der Waals surface area contributed by atoms with E-state index in [9.17, 15) is 44.3 Å². The van der Waals surface area contributed by atoms with Crippen molar-refractivity contribution in [1.82, 2.24) is 4.90 Å². The van der Waals surface area contributed by atoms with Crippen LogP contribution in [0.2, 0.25) is 0 Å². The van der Waals surface area contributed by atoms with Gasteiger partial charge in [0.1, 0.15) is 29.4 Å². The molecule has 5 N–H and O–H groups in total. The van der Waals surface area contributed by atoms with E-state index in [0.717, 1.165) is 12.1 Å². The number of amides is 1. The van der Waals surface area contributed by atoms with Crippen molar-refractivity contribution in [3.63, 3.8) is 0 Å². The average molecular weight is 684 g/mol. The van der Waals surface area contributed by atoms with Crippen molar-refractivity contribution in [3.8, 4) is 0 Å². The van der Waals surface area contributed by atoms with Crippen LogP contribution in [0.25, 0.3) is 0 Å². The van der Waals surface area contributed by atoms with Gasteiger partial charge in [0.25, 0.3) is 5.91 Å². The first kappa shape index (κ1) is 39.9. The quantitative estimate of drug-likeness (QED) is 0.287. The third-order valence-corrected chi connectivity index (χ3v) is 10.3. The van der Waals surface area contributed by atoms with Crippen molar-refractivity contribution in [2.45, 2.75) is 135 Å². The molecule has 2 heterocycles. The Balaban J connectivity index is 1.99. The predicted molar refractivity (Wildman–Crippen MR) is 172 cm³/mol. The van der Waals surface area contributed by atoms with Gasteiger partial charge in [-0.25, -0.2) is 4.39 Å². The second-order valence-electron chi connectivity index (χ2n) is 14.4. The fraction of sp³-hybridized carbons (Fsp3) is 0.743. The number of benzene rings is 1. The average Bonchev–Trinajstić information content (AvgIpc) is 3.03. The maximum absolute atomic E-state index is 13.6. The highest BCUT2D eigenvalue weighted by molar-refractivity contribution is 5.94. The van der Waals surface area contributed by atoms with Gasteiger partial charge in [-0.05, 0) is 71.2 Å². The summed E-state index contributed by atoms with van der Waals surface area (Å²) in [6.07, 6.45) is -8.91. The highest BCUT2D eigenvalue weighted by Crippen LogP contribution is 2.38. The van der Waals surface area contributed by atoms with E-state index in [1.807, 2.05) is 0 Å². The van der Waals surface area contributed by atoms with Crippen molar-refractivity contribution in [1.29, 1.82) is 0 Å². The van der Waals surface area contributed by atoms with Crippen molar-refractivity contribution in [3.05, 3.63) is 35.6 Å². The molecule has 0 saturated carbocycles. The SMILES string of the molecule is CC[C@H]1OC(=O)[C@H](C)[C@@H](O)[C@H](C)[C@@H](O[C@@H]2O[C@H](C)C[C@H](N(C)C(=O)c3ccc(F)cc3)[C@H]2O)[C@](C)(O)C[C@@H](C)C(=O)[C@H](C)[C@@H](O)[C@]1(C)O. The number of carbonyl (C=O) groups is 3. The standard InChI is InChI=1S/C35H54FNO11/c1-10-25-35(8,45)29(41)19(4)26(38)17(2)16-34(7,44)30(20(5)27(39)21(6)32(43)47-25)48-33-28(40)24(15-18(3)46-33)37(9)31(42)22-11-13-23(36)14-12-22/h11-14,17-21,24-25,27-30,33,39-41,44-45H,10,15-16H2,1-9H3/t17-,18-,19+,20+,21-,24+,25-,27+,28-,29-,30-,33+,34-,35-/m1/s1. The van der Waals surface area contributed by atoms with Crippen molar-refractivity contribution >= 4 is 17.7 Å². The molecule has 2 saturated heterocycles. The summed E-state index contributed by atoms with van der Waals surface area (Å²) in [5.74, 6) is -6.50. The van der Waals surface area contributed by atoms with Crippen LogP contribution >= 0.6 is 0 Å². The van der Waals surface area contributed by atoms with Crippen LogP contribution in [0.3, 0.4) is 0 Å². The number of hydrogen-bond acceptors (Lipinski definition) is 11. The van der Waals surface area contributed by atoms with E-state index in [4.69, 9.17) is 14.2 Å². The Morgan fingerprint density at radius 2 is 1.58 bits per heavy atom. The number of ketones is 1. The van der Waals surface area contributed by atoms with Crippen LogP contribution in [0, 0.1) is 29.5 Å². The van der Waals surface area contributed by atoms with Gasteiger partial charge < -0.3 is 44.6 Å². The number of aliphatic hydroxyl groups excluding tert-OH is 3. The van der Waals surface area contributed by atoms with Crippen molar-refractivity contribution < 1.29 is 58.5 Å². The molecule has 0 aromatic heterocycles. The monoisotopic (exact) mass is 683 g/mol. The Morgan fingerprint density at radius 1 is 1.00 bits per heavy atom. The lowest BCUT2D eigenvalue weighted by Crippen LogP contribution is -2.60. The topological polar surface area (TPSA) is 183 Å². The molecule has 2 aliphatic rings. The molecule has 3 rings (SSSR count). The number of cyclic esters (lactones) is 1. The molecule has 1 amide bonds. The molecule has 14 atom stereocenters. The van der Waals surface area contributed by atoms with Gasteiger partial charge in [-0.15, -0.1) is 0 Å². The second-order valence-corrected chi connectivity index (χ2v) is 14.4. The maximum atomic E-state index is 13.6. The number of esters is 1. The van der Waals surface area contributed by atoms with E-state index in [0.29, 0.717) is 0 Å². The molecule has 0 aliphatic carbocycles. The molecular weight excluding hydrogens is 629 g/mol. The molecular formula is C35H54FNO11. The maximum Gasteiger partial charge on any atom is 0.311 e. The Kier molecular flexibility index (Phi) is 13.0. The van der Waals surface area contributed by atoms with E-state index in [1.165, 1.54) is 51.8 Å². The first-order valence-corrected chi connectivity index (χ1v) is 16.7. The number of halogens is 1.